The number of carbonyl (C=O) groups is 1. The van der Waals surface area contributed by atoms with Crippen molar-refractivity contribution in [2.75, 3.05) is 19.0 Å². The van der Waals surface area contributed by atoms with Crippen LogP contribution in [0.15, 0.2) is 23.4 Å². The Hall–Kier alpha value is -2.65. The minimum absolute atomic E-state index is 0.0302. The largest absolute Gasteiger partial charge is 0.486 e. The van der Waals surface area contributed by atoms with Crippen LogP contribution in [0.1, 0.15) is 58.7 Å². The zero-order valence-corrected chi connectivity index (χ0v) is 20.5. The Morgan fingerprint density at radius 3 is 2.88 bits per heavy atom. The van der Waals surface area contributed by atoms with Gasteiger partial charge in [-0.1, -0.05) is 18.7 Å². The van der Waals surface area contributed by atoms with E-state index < -0.39 is 0 Å². The SMILES string of the molecule is CC1CCc2c(sc3nc(C4CC4)n4c(SCC(=O)c5ccc6c(c5)OCCO6)nnc4c23)C1. The van der Waals surface area contributed by atoms with Crippen molar-refractivity contribution in [1.82, 2.24) is 19.6 Å². The third-order valence-electron chi connectivity index (χ3n) is 6.93. The Labute approximate surface area is 204 Å². The van der Waals surface area contributed by atoms with Crippen LogP contribution >= 0.6 is 23.1 Å². The molecule has 7 nitrogen and oxygen atoms in total. The molecule has 1 atom stereocenters. The summed E-state index contributed by atoms with van der Waals surface area (Å²) in [5, 5.41) is 11.1. The van der Waals surface area contributed by atoms with Gasteiger partial charge in [-0.15, -0.1) is 21.5 Å². The molecular formula is C25H24N4O3S2. The number of thioether (sulfide) groups is 1. The maximum Gasteiger partial charge on any atom is 0.197 e. The fourth-order valence-electron chi connectivity index (χ4n) is 4.98. The summed E-state index contributed by atoms with van der Waals surface area (Å²) < 4.78 is 13.3. The first-order valence-electron chi connectivity index (χ1n) is 11.9. The number of hydrogen-bond acceptors (Lipinski definition) is 8. The lowest BCUT2D eigenvalue weighted by molar-refractivity contribution is 0.102. The van der Waals surface area contributed by atoms with E-state index in [1.807, 2.05) is 17.4 Å². The number of ketones is 1. The summed E-state index contributed by atoms with van der Waals surface area (Å²) in [5.74, 6) is 3.85. The van der Waals surface area contributed by atoms with Gasteiger partial charge in [0.05, 0.1) is 11.1 Å². The van der Waals surface area contributed by atoms with Gasteiger partial charge in [0.1, 0.15) is 23.9 Å². The Kier molecular flexibility index (Phi) is 4.84. The third kappa shape index (κ3) is 3.40. The molecule has 2 aliphatic carbocycles. The molecule has 1 saturated carbocycles. The van der Waals surface area contributed by atoms with E-state index in [-0.39, 0.29) is 11.5 Å². The van der Waals surface area contributed by atoms with Gasteiger partial charge in [-0.2, -0.15) is 0 Å². The van der Waals surface area contributed by atoms with Crippen molar-refractivity contribution in [1.29, 1.82) is 0 Å². The highest BCUT2D eigenvalue weighted by Crippen LogP contribution is 2.44. The van der Waals surface area contributed by atoms with Gasteiger partial charge in [-0.05, 0) is 61.8 Å². The highest BCUT2D eigenvalue weighted by Gasteiger charge is 2.32. The van der Waals surface area contributed by atoms with Crippen molar-refractivity contribution in [2.45, 2.75) is 50.1 Å². The van der Waals surface area contributed by atoms with E-state index in [9.17, 15) is 4.79 Å². The lowest BCUT2D eigenvalue weighted by Crippen LogP contribution is -2.16. The molecule has 7 rings (SSSR count). The summed E-state index contributed by atoms with van der Waals surface area (Å²) in [6.45, 7) is 3.37. The van der Waals surface area contributed by atoms with Crippen LogP contribution in [0.4, 0.5) is 0 Å². The van der Waals surface area contributed by atoms with Crippen molar-refractivity contribution in [2.24, 2.45) is 5.92 Å². The van der Waals surface area contributed by atoms with Crippen LogP contribution < -0.4 is 9.47 Å². The van der Waals surface area contributed by atoms with Gasteiger partial charge in [0.25, 0.3) is 0 Å². The summed E-state index contributed by atoms with van der Waals surface area (Å²) in [7, 11) is 0. The van der Waals surface area contributed by atoms with Crippen LogP contribution in [0.25, 0.3) is 15.9 Å². The van der Waals surface area contributed by atoms with Crippen molar-refractivity contribution in [3.63, 3.8) is 0 Å². The van der Waals surface area contributed by atoms with Crippen LogP contribution in [0.3, 0.4) is 0 Å². The Morgan fingerprint density at radius 2 is 2.03 bits per heavy atom. The standard InChI is InChI=1S/C25H24N4O3S2/c1-13-2-6-16-20(10-13)34-24-21(16)23-27-28-25(29(23)22(26-24)14-3-4-14)33-12-17(30)15-5-7-18-19(11-15)32-9-8-31-18/h5,7,11,13-14H,2-4,6,8-10,12H2,1H3. The van der Waals surface area contributed by atoms with Crippen molar-refractivity contribution in [3.8, 4) is 11.5 Å². The fourth-order valence-corrected chi connectivity index (χ4v) is 7.20. The van der Waals surface area contributed by atoms with E-state index in [4.69, 9.17) is 14.5 Å². The molecule has 0 N–H and O–H groups in total. The molecule has 4 aromatic rings. The average Bonchev–Trinajstić information content (AvgIpc) is 3.52. The minimum atomic E-state index is 0.0302. The van der Waals surface area contributed by atoms with Crippen LogP contribution in [0, 0.1) is 5.92 Å². The molecule has 4 heterocycles. The normalized spacial score (nSPS) is 19.5. The van der Waals surface area contributed by atoms with E-state index in [0.29, 0.717) is 36.2 Å². The number of rotatable bonds is 5. The van der Waals surface area contributed by atoms with Crippen LogP contribution in [-0.2, 0) is 12.8 Å². The summed E-state index contributed by atoms with van der Waals surface area (Å²) in [6, 6.07) is 5.39. The first-order chi connectivity index (χ1) is 16.7. The molecule has 0 amide bonds. The van der Waals surface area contributed by atoms with E-state index in [0.717, 1.165) is 53.1 Å². The van der Waals surface area contributed by atoms with E-state index in [2.05, 4.69) is 21.5 Å². The fraction of sp³-hybridized carbons (Fsp3) is 0.440. The summed E-state index contributed by atoms with van der Waals surface area (Å²) >= 11 is 3.27. The Morgan fingerprint density at radius 1 is 1.18 bits per heavy atom. The van der Waals surface area contributed by atoms with Crippen molar-refractivity contribution >= 4 is 44.7 Å². The number of Topliss-reactive ketones (excluding diaryl/α,β-unsaturated/α-hetero) is 1. The summed E-state index contributed by atoms with van der Waals surface area (Å²) in [6.07, 6.45) is 5.70. The molecule has 0 bridgehead atoms. The van der Waals surface area contributed by atoms with Gasteiger partial charge < -0.3 is 9.47 Å². The number of nitrogens with zero attached hydrogens (tertiary/aromatic N) is 4. The molecule has 34 heavy (non-hydrogen) atoms. The first-order valence-corrected chi connectivity index (χ1v) is 13.7. The molecule has 1 aliphatic heterocycles. The third-order valence-corrected chi connectivity index (χ3v) is 9.01. The van der Waals surface area contributed by atoms with Gasteiger partial charge in [0.2, 0.25) is 0 Å². The molecule has 174 valence electrons. The molecule has 9 heteroatoms. The van der Waals surface area contributed by atoms with Crippen LogP contribution in [0.2, 0.25) is 0 Å². The summed E-state index contributed by atoms with van der Waals surface area (Å²) in [5.41, 5.74) is 2.94. The number of hydrogen-bond donors (Lipinski definition) is 0. The predicted octanol–water partition coefficient (Wildman–Crippen LogP) is 5.09. The quantitative estimate of drug-likeness (QED) is 0.284. The number of ether oxygens (including phenoxy) is 2. The number of carbonyl (C=O) groups excluding carboxylic acids is 1. The molecule has 1 unspecified atom stereocenters. The molecule has 0 radical (unpaired) electrons. The first kappa shape index (κ1) is 20.7. The van der Waals surface area contributed by atoms with E-state index in [1.165, 1.54) is 34.0 Å². The van der Waals surface area contributed by atoms with Crippen LogP contribution in [0.5, 0.6) is 11.5 Å². The lowest BCUT2D eigenvalue weighted by atomic mass is 9.89. The average molecular weight is 493 g/mol. The molecular weight excluding hydrogens is 468 g/mol. The van der Waals surface area contributed by atoms with Crippen molar-refractivity contribution < 1.29 is 14.3 Å². The second kappa shape index (κ2) is 7.95. The Bertz CT molecular complexity index is 1460. The smallest absolute Gasteiger partial charge is 0.197 e. The zero-order valence-electron chi connectivity index (χ0n) is 18.9. The van der Waals surface area contributed by atoms with Crippen molar-refractivity contribution in [3.05, 3.63) is 40.0 Å². The second-order valence-electron chi connectivity index (χ2n) is 9.49. The molecule has 0 saturated heterocycles. The van der Waals surface area contributed by atoms with E-state index in [1.54, 1.807) is 12.1 Å². The summed E-state index contributed by atoms with van der Waals surface area (Å²) in [4.78, 5) is 20.7. The highest BCUT2D eigenvalue weighted by molar-refractivity contribution is 7.99. The second-order valence-corrected chi connectivity index (χ2v) is 11.5. The maximum atomic E-state index is 13.0. The number of fused-ring (bicyclic) bond motifs is 6. The molecule has 1 fully saturated rings. The number of aromatic nitrogens is 4. The van der Waals surface area contributed by atoms with Gasteiger partial charge in [0.15, 0.2) is 28.1 Å². The highest BCUT2D eigenvalue weighted by atomic mass is 32.2. The zero-order chi connectivity index (χ0) is 22.8. The predicted molar refractivity (Wildman–Crippen MR) is 132 cm³/mol. The Balaban J connectivity index is 1.24. The monoisotopic (exact) mass is 492 g/mol. The molecule has 0 spiro atoms. The molecule has 3 aromatic heterocycles. The van der Waals surface area contributed by atoms with Gasteiger partial charge >= 0.3 is 0 Å². The van der Waals surface area contributed by atoms with Gasteiger partial charge in [-0.3, -0.25) is 9.20 Å². The van der Waals surface area contributed by atoms with Crippen LogP contribution in [-0.4, -0.2) is 44.3 Å². The number of thiophene rings is 1. The topological polar surface area (TPSA) is 78.6 Å². The maximum absolute atomic E-state index is 13.0. The molecule has 1 aromatic carbocycles. The van der Waals surface area contributed by atoms with Gasteiger partial charge in [0, 0.05) is 16.4 Å². The number of benzene rings is 1. The number of aryl methyl sites for hydroxylation is 1. The van der Waals surface area contributed by atoms with Gasteiger partial charge in [-0.25, -0.2) is 4.98 Å². The minimum Gasteiger partial charge on any atom is -0.486 e. The molecule has 3 aliphatic rings. The van der Waals surface area contributed by atoms with E-state index >= 15 is 0 Å². The lowest BCUT2D eigenvalue weighted by Gasteiger charge is -2.18.